The third-order valence-electron chi connectivity index (χ3n) is 6.38. The number of rotatable bonds is 8. The SMILES string of the molecule is COCC(=O)Nc1ccc(N2C(=S)N[C@@H](c3ccccn3)[C@@H]2c2cccn2Cc2cccnc2)cc1C. The van der Waals surface area contributed by atoms with E-state index in [0.717, 1.165) is 33.9 Å². The summed E-state index contributed by atoms with van der Waals surface area (Å²) in [5, 5.41) is 7.03. The highest BCUT2D eigenvalue weighted by Crippen LogP contribution is 2.42. The summed E-state index contributed by atoms with van der Waals surface area (Å²) in [7, 11) is 1.50. The van der Waals surface area contributed by atoms with Gasteiger partial charge in [-0.2, -0.15) is 0 Å². The number of nitrogens with one attached hydrogen (secondary N) is 2. The number of ether oxygens (including phenoxy) is 1. The summed E-state index contributed by atoms with van der Waals surface area (Å²) < 4.78 is 7.17. The number of thiocarbonyl (C=S) groups is 1. The number of methoxy groups -OCH3 is 1. The number of amides is 1. The van der Waals surface area contributed by atoms with E-state index in [1.54, 1.807) is 12.4 Å². The van der Waals surface area contributed by atoms with Crippen molar-refractivity contribution in [2.45, 2.75) is 25.6 Å². The zero-order chi connectivity index (χ0) is 25.8. The summed E-state index contributed by atoms with van der Waals surface area (Å²) in [4.78, 5) is 23.1. The van der Waals surface area contributed by atoms with E-state index < -0.39 is 0 Å². The number of carbonyl (C=O) groups is 1. The molecular formula is C28H28N6O2S. The Bertz CT molecular complexity index is 1390. The van der Waals surface area contributed by atoms with E-state index in [0.29, 0.717) is 11.7 Å². The Labute approximate surface area is 221 Å². The Balaban J connectivity index is 1.54. The average molecular weight is 513 g/mol. The van der Waals surface area contributed by atoms with Gasteiger partial charge in [-0.05, 0) is 78.8 Å². The van der Waals surface area contributed by atoms with Crippen molar-refractivity contribution in [3.8, 4) is 0 Å². The molecule has 3 aromatic heterocycles. The minimum atomic E-state index is -0.196. The number of carbonyl (C=O) groups excluding carboxylic acids is 1. The topological polar surface area (TPSA) is 84.3 Å². The van der Waals surface area contributed by atoms with Crippen LogP contribution in [0, 0.1) is 6.92 Å². The molecule has 8 nitrogen and oxygen atoms in total. The van der Waals surface area contributed by atoms with Crippen molar-refractivity contribution in [2.75, 3.05) is 23.9 Å². The molecule has 1 amide bonds. The molecule has 2 atom stereocenters. The standard InChI is InChI=1S/C28H28N6O2S/c1-19-15-21(10-11-22(19)31-25(35)18-36-2)34-27(26(32-28(34)37)23-8-3-4-13-30-23)24-9-6-14-33(24)17-20-7-5-12-29-16-20/h3-16,26-27H,17-18H2,1-2H3,(H,31,35)(H,32,37)/t26-,27-/m0/s1. The van der Waals surface area contributed by atoms with Gasteiger partial charge in [0.25, 0.3) is 0 Å². The predicted molar refractivity (Wildman–Crippen MR) is 147 cm³/mol. The first kappa shape index (κ1) is 24.6. The van der Waals surface area contributed by atoms with Gasteiger partial charge in [0.15, 0.2) is 5.11 Å². The van der Waals surface area contributed by atoms with E-state index in [2.05, 4.69) is 54.5 Å². The monoisotopic (exact) mass is 512 g/mol. The number of hydrogen-bond donors (Lipinski definition) is 2. The second-order valence-electron chi connectivity index (χ2n) is 8.90. The molecule has 1 fully saturated rings. The van der Waals surface area contributed by atoms with Gasteiger partial charge in [-0.25, -0.2) is 0 Å². The molecule has 0 saturated carbocycles. The largest absolute Gasteiger partial charge is 0.375 e. The van der Waals surface area contributed by atoms with Gasteiger partial charge in [-0.3, -0.25) is 14.8 Å². The van der Waals surface area contributed by atoms with Crippen LogP contribution < -0.4 is 15.5 Å². The molecule has 37 heavy (non-hydrogen) atoms. The van der Waals surface area contributed by atoms with Crippen LogP contribution in [-0.4, -0.2) is 39.3 Å². The number of pyridine rings is 2. The lowest BCUT2D eigenvalue weighted by Crippen LogP contribution is -2.30. The summed E-state index contributed by atoms with van der Waals surface area (Å²) in [5.41, 5.74) is 5.71. The number of aromatic nitrogens is 3. The van der Waals surface area contributed by atoms with Crippen LogP contribution in [0.4, 0.5) is 11.4 Å². The van der Waals surface area contributed by atoms with Crippen molar-refractivity contribution in [1.29, 1.82) is 0 Å². The van der Waals surface area contributed by atoms with Crippen LogP contribution in [0.5, 0.6) is 0 Å². The number of anilines is 2. The van der Waals surface area contributed by atoms with Gasteiger partial charge in [0.05, 0.1) is 11.7 Å². The van der Waals surface area contributed by atoms with Crippen molar-refractivity contribution < 1.29 is 9.53 Å². The van der Waals surface area contributed by atoms with Gasteiger partial charge in [0.2, 0.25) is 5.91 Å². The molecule has 5 rings (SSSR count). The number of nitrogens with zero attached hydrogens (tertiary/aromatic N) is 4. The van der Waals surface area contributed by atoms with Gasteiger partial charge in [-0.15, -0.1) is 0 Å². The predicted octanol–water partition coefficient (Wildman–Crippen LogP) is 4.40. The molecule has 0 aliphatic carbocycles. The van der Waals surface area contributed by atoms with Crippen LogP contribution in [0.1, 0.15) is 34.6 Å². The molecule has 2 N–H and O–H groups in total. The van der Waals surface area contributed by atoms with Crippen LogP contribution in [-0.2, 0) is 16.1 Å². The first-order valence-electron chi connectivity index (χ1n) is 12.0. The lowest BCUT2D eigenvalue weighted by Gasteiger charge is -2.29. The van der Waals surface area contributed by atoms with Crippen LogP contribution in [0.25, 0.3) is 0 Å². The molecule has 9 heteroatoms. The zero-order valence-electron chi connectivity index (χ0n) is 20.7. The Kier molecular flexibility index (Phi) is 7.25. The van der Waals surface area contributed by atoms with Crippen molar-refractivity contribution in [1.82, 2.24) is 19.9 Å². The highest BCUT2D eigenvalue weighted by molar-refractivity contribution is 7.80. The second kappa shape index (κ2) is 10.9. The molecular weight excluding hydrogens is 484 g/mol. The first-order chi connectivity index (χ1) is 18.0. The Morgan fingerprint density at radius 3 is 2.76 bits per heavy atom. The van der Waals surface area contributed by atoms with E-state index in [9.17, 15) is 4.79 Å². The lowest BCUT2D eigenvalue weighted by atomic mass is 10.0. The maximum Gasteiger partial charge on any atom is 0.250 e. The maximum absolute atomic E-state index is 12.1. The van der Waals surface area contributed by atoms with Gasteiger partial charge in [-0.1, -0.05) is 12.1 Å². The number of benzene rings is 1. The smallest absolute Gasteiger partial charge is 0.250 e. The molecule has 4 heterocycles. The van der Waals surface area contributed by atoms with Crippen LogP contribution in [0.15, 0.2) is 85.5 Å². The molecule has 0 bridgehead atoms. The quantitative estimate of drug-likeness (QED) is 0.339. The van der Waals surface area contributed by atoms with Crippen LogP contribution in [0.2, 0.25) is 0 Å². The molecule has 1 aliphatic heterocycles. The fourth-order valence-corrected chi connectivity index (χ4v) is 5.06. The third kappa shape index (κ3) is 5.23. The summed E-state index contributed by atoms with van der Waals surface area (Å²) >= 11 is 5.89. The van der Waals surface area contributed by atoms with Crippen molar-refractivity contribution in [2.24, 2.45) is 0 Å². The van der Waals surface area contributed by atoms with E-state index in [-0.39, 0.29) is 24.6 Å². The van der Waals surface area contributed by atoms with E-state index in [4.69, 9.17) is 17.0 Å². The fourth-order valence-electron chi connectivity index (χ4n) is 4.72. The molecule has 188 valence electrons. The summed E-state index contributed by atoms with van der Waals surface area (Å²) in [6, 6.07) is 19.7. The molecule has 0 unspecified atom stereocenters. The average Bonchev–Trinajstić information content (AvgIpc) is 3.50. The van der Waals surface area contributed by atoms with Crippen molar-refractivity contribution in [3.63, 3.8) is 0 Å². The summed E-state index contributed by atoms with van der Waals surface area (Å²) in [6.07, 6.45) is 7.55. The fraction of sp³-hybridized carbons (Fsp3) is 0.214. The highest BCUT2D eigenvalue weighted by atomic mass is 32.1. The van der Waals surface area contributed by atoms with Gasteiger partial charge < -0.3 is 24.8 Å². The number of hydrogen-bond acceptors (Lipinski definition) is 5. The molecule has 4 aromatic rings. The van der Waals surface area contributed by atoms with Gasteiger partial charge in [0.1, 0.15) is 12.6 Å². The van der Waals surface area contributed by atoms with Crippen molar-refractivity contribution in [3.05, 3.63) is 108 Å². The van der Waals surface area contributed by atoms with Gasteiger partial charge >= 0.3 is 0 Å². The third-order valence-corrected chi connectivity index (χ3v) is 6.69. The van der Waals surface area contributed by atoms with Crippen LogP contribution in [0.3, 0.4) is 0 Å². The molecule has 0 radical (unpaired) electrons. The van der Waals surface area contributed by atoms with Gasteiger partial charge in [0, 0.05) is 55.5 Å². The molecule has 1 aromatic carbocycles. The Morgan fingerprint density at radius 2 is 2.03 bits per heavy atom. The molecule has 0 spiro atoms. The summed E-state index contributed by atoms with van der Waals surface area (Å²) in [6.45, 7) is 2.66. The minimum absolute atomic E-state index is 0.00305. The molecule has 1 aliphatic rings. The lowest BCUT2D eigenvalue weighted by molar-refractivity contribution is -0.119. The second-order valence-corrected chi connectivity index (χ2v) is 9.29. The van der Waals surface area contributed by atoms with Crippen LogP contribution >= 0.6 is 12.2 Å². The normalized spacial score (nSPS) is 17.0. The Morgan fingerprint density at radius 1 is 1.14 bits per heavy atom. The maximum atomic E-state index is 12.1. The minimum Gasteiger partial charge on any atom is -0.375 e. The van der Waals surface area contributed by atoms with E-state index in [1.807, 2.05) is 55.6 Å². The molecule has 1 saturated heterocycles. The van der Waals surface area contributed by atoms with E-state index in [1.165, 1.54) is 7.11 Å². The first-order valence-corrected chi connectivity index (χ1v) is 12.4. The zero-order valence-corrected chi connectivity index (χ0v) is 21.5. The Hall–Kier alpha value is -4.08. The number of aryl methyl sites for hydroxylation is 1. The highest BCUT2D eigenvalue weighted by Gasteiger charge is 2.42. The summed E-state index contributed by atoms with van der Waals surface area (Å²) in [5.74, 6) is -0.196. The van der Waals surface area contributed by atoms with E-state index >= 15 is 0 Å². The van der Waals surface area contributed by atoms with Crippen molar-refractivity contribution >= 4 is 34.6 Å².